The zero-order valence-corrected chi connectivity index (χ0v) is 30.0. The third-order valence-electron chi connectivity index (χ3n) is 9.10. The Morgan fingerprint density at radius 1 is 0.492 bits per heavy atom. The highest BCUT2D eigenvalue weighted by Gasteiger charge is 2.72. The van der Waals surface area contributed by atoms with Crippen molar-refractivity contribution >= 4 is 29.4 Å². The molecule has 300 valence electrons. The number of para-hydroxylation sites is 1. The van der Waals surface area contributed by atoms with Gasteiger partial charge in [0.1, 0.15) is 23.0 Å². The summed E-state index contributed by atoms with van der Waals surface area (Å²) in [5.74, 6) is -4.67. The molecule has 6 aromatic rings. The molecule has 6 rings (SSSR count). The number of carboxylic acids is 2. The molecule has 0 unspecified atom stereocenters. The Balaban J connectivity index is 1.24. The fourth-order valence-electron chi connectivity index (χ4n) is 6.30. The number of ether oxygens (including phenoxy) is 2. The number of rotatable bonds is 12. The van der Waals surface area contributed by atoms with E-state index in [1.165, 1.54) is 24.3 Å². The molecule has 0 bridgehead atoms. The van der Waals surface area contributed by atoms with Gasteiger partial charge in [-0.1, -0.05) is 54.6 Å². The Kier molecular flexibility index (Phi) is 11.2. The quantitative estimate of drug-likeness (QED) is 0.0887. The van der Waals surface area contributed by atoms with Crippen LogP contribution in [0.5, 0.6) is 23.0 Å². The normalized spacial score (nSPS) is 11.7. The van der Waals surface area contributed by atoms with Crippen molar-refractivity contribution in [1.82, 2.24) is 0 Å². The second kappa shape index (κ2) is 16.1. The minimum absolute atomic E-state index is 0.0348. The first-order valence-electron chi connectivity index (χ1n) is 17.1. The Labute approximate surface area is 330 Å². The van der Waals surface area contributed by atoms with Gasteiger partial charge in [-0.05, 0) is 107 Å². The van der Waals surface area contributed by atoms with Crippen LogP contribution in [0.15, 0.2) is 140 Å². The molecule has 0 heterocycles. The Hall–Kier alpha value is -7.62. The molecule has 6 aromatic carbocycles. The molecule has 2 amide bonds. The summed E-state index contributed by atoms with van der Waals surface area (Å²) in [7, 11) is 0. The summed E-state index contributed by atoms with van der Waals surface area (Å²) < 4.78 is 101. The number of nitrogens with two attached hydrogens (primary N) is 1. The largest absolute Gasteiger partial charge is 0.478 e. The van der Waals surface area contributed by atoms with Crippen LogP contribution >= 0.6 is 0 Å². The van der Waals surface area contributed by atoms with E-state index < -0.39 is 74.9 Å². The predicted octanol–water partition coefficient (Wildman–Crippen LogP) is 10.1. The predicted molar refractivity (Wildman–Crippen MR) is 201 cm³/mol. The van der Waals surface area contributed by atoms with Crippen LogP contribution in [0.4, 0.5) is 32.0 Å². The second-order valence-electron chi connectivity index (χ2n) is 12.8. The lowest BCUT2D eigenvalue weighted by atomic mass is 9.71. The molecule has 0 aliphatic carbocycles. The topological polar surface area (TPSA) is 165 Å². The average Bonchev–Trinajstić information content (AvgIpc) is 3.18. The molecule has 0 aliphatic heterocycles. The summed E-state index contributed by atoms with van der Waals surface area (Å²) in [5, 5.41) is 21.4. The van der Waals surface area contributed by atoms with Gasteiger partial charge < -0.3 is 30.7 Å². The monoisotopic (exact) mass is 814 g/mol. The molecule has 0 aromatic heterocycles. The second-order valence-corrected chi connectivity index (χ2v) is 12.8. The molecule has 59 heavy (non-hydrogen) atoms. The van der Waals surface area contributed by atoms with E-state index >= 15 is 0 Å². The molecule has 0 radical (unpaired) electrons. The third kappa shape index (κ3) is 8.41. The van der Waals surface area contributed by atoms with Crippen molar-refractivity contribution < 1.29 is 65.2 Å². The van der Waals surface area contributed by atoms with E-state index in [-0.39, 0.29) is 35.7 Å². The standard InChI is InChI=1S/C43H28F6N2O8/c44-42(45,46)41(43(47,48)49,26-10-20-33(39(54)55)35(22-26)37(50)52)27-11-21-34(40(56)57)36(23-27)38(53)51-28-12-18-32(19-13-28)59-31-16-8-25(9-17-31)24-6-14-30(15-7-24)58-29-4-2-1-3-5-29/h1-23H,(H2,50,52)(H,51,53)(H,54,55)(H,56,57). The van der Waals surface area contributed by atoms with Crippen LogP contribution in [0, 0.1) is 0 Å². The number of anilines is 1. The summed E-state index contributed by atoms with van der Waals surface area (Å²) in [6.45, 7) is 0. The maximum absolute atomic E-state index is 15.0. The molecule has 0 atom stereocenters. The van der Waals surface area contributed by atoms with E-state index in [0.29, 0.717) is 29.4 Å². The molecular weight excluding hydrogens is 786 g/mol. The number of halogens is 6. The van der Waals surface area contributed by atoms with Crippen molar-refractivity contribution in [2.24, 2.45) is 5.73 Å². The smallest absolute Gasteiger partial charge is 0.411 e. The minimum atomic E-state index is -6.26. The van der Waals surface area contributed by atoms with Gasteiger partial charge in [0.15, 0.2) is 0 Å². The first-order chi connectivity index (χ1) is 27.9. The molecule has 0 spiro atoms. The van der Waals surface area contributed by atoms with Gasteiger partial charge in [0.05, 0.1) is 22.3 Å². The number of hydrogen-bond acceptors (Lipinski definition) is 6. The summed E-state index contributed by atoms with van der Waals surface area (Å²) in [6, 6.07) is 30.6. The molecule has 0 aliphatic rings. The van der Waals surface area contributed by atoms with Crippen LogP contribution < -0.4 is 20.5 Å². The van der Waals surface area contributed by atoms with E-state index in [4.69, 9.17) is 15.2 Å². The van der Waals surface area contributed by atoms with E-state index in [1.807, 2.05) is 66.7 Å². The van der Waals surface area contributed by atoms with E-state index in [2.05, 4.69) is 5.32 Å². The number of carbonyl (C=O) groups is 4. The Bertz CT molecular complexity index is 2530. The van der Waals surface area contributed by atoms with Crippen molar-refractivity contribution in [3.05, 3.63) is 173 Å². The first kappa shape index (κ1) is 41.0. The number of amides is 2. The molecule has 0 saturated heterocycles. The highest BCUT2D eigenvalue weighted by atomic mass is 19.4. The number of carboxylic acid groups (broad SMARTS) is 2. The maximum Gasteiger partial charge on any atom is 0.411 e. The fourth-order valence-corrected chi connectivity index (χ4v) is 6.30. The van der Waals surface area contributed by atoms with Gasteiger partial charge in [0.2, 0.25) is 11.3 Å². The lowest BCUT2D eigenvalue weighted by molar-refractivity contribution is -0.288. The lowest BCUT2D eigenvalue weighted by Crippen LogP contribution is -2.55. The zero-order chi connectivity index (χ0) is 42.7. The van der Waals surface area contributed by atoms with E-state index in [9.17, 15) is 55.7 Å². The van der Waals surface area contributed by atoms with E-state index in [1.54, 1.807) is 12.1 Å². The molecule has 0 fully saturated rings. The minimum Gasteiger partial charge on any atom is -0.478 e. The van der Waals surface area contributed by atoms with Gasteiger partial charge in [-0.15, -0.1) is 0 Å². The van der Waals surface area contributed by atoms with Gasteiger partial charge in [-0.2, -0.15) is 26.3 Å². The van der Waals surface area contributed by atoms with Crippen LogP contribution in [0.25, 0.3) is 11.1 Å². The highest BCUT2D eigenvalue weighted by Crippen LogP contribution is 2.56. The van der Waals surface area contributed by atoms with Gasteiger partial charge in [-0.25, -0.2) is 9.59 Å². The summed E-state index contributed by atoms with van der Waals surface area (Å²) in [4.78, 5) is 49.0. The van der Waals surface area contributed by atoms with Crippen LogP contribution in [-0.2, 0) is 5.41 Å². The summed E-state index contributed by atoms with van der Waals surface area (Å²) >= 11 is 0. The van der Waals surface area contributed by atoms with Gasteiger partial charge in [0, 0.05) is 5.69 Å². The number of benzene rings is 6. The maximum atomic E-state index is 15.0. The Morgan fingerprint density at radius 3 is 1.29 bits per heavy atom. The zero-order valence-electron chi connectivity index (χ0n) is 30.0. The number of alkyl halides is 6. The van der Waals surface area contributed by atoms with Crippen LogP contribution in [0.1, 0.15) is 52.6 Å². The van der Waals surface area contributed by atoms with Crippen LogP contribution in [0.2, 0.25) is 0 Å². The fraction of sp³-hybridized carbons (Fsp3) is 0.0698. The molecule has 0 saturated carbocycles. The van der Waals surface area contributed by atoms with Gasteiger partial charge >= 0.3 is 24.3 Å². The van der Waals surface area contributed by atoms with Crippen LogP contribution in [-0.4, -0.2) is 46.3 Å². The van der Waals surface area contributed by atoms with Gasteiger partial charge in [-0.3, -0.25) is 9.59 Å². The van der Waals surface area contributed by atoms with Crippen molar-refractivity contribution in [3.63, 3.8) is 0 Å². The SMILES string of the molecule is NC(=O)c1cc(C(c2ccc(C(=O)O)c(C(=O)Nc3ccc(Oc4ccc(-c5ccc(Oc6ccccc6)cc5)cc4)cc3)c2)(C(F)(F)F)C(F)(F)F)ccc1C(=O)O. The van der Waals surface area contributed by atoms with Crippen molar-refractivity contribution in [3.8, 4) is 34.1 Å². The van der Waals surface area contributed by atoms with Crippen LogP contribution in [0.3, 0.4) is 0 Å². The van der Waals surface area contributed by atoms with Gasteiger partial charge in [0.25, 0.3) is 5.91 Å². The number of primary amides is 1. The lowest BCUT2D eigenvalue weighted by Gasteiger charge is -2.38. The molecule has 5 N–H and O–H groups in total. The summed E-state index contributed by atoms with van der Waals surface area (Å²) in [6.07, 6.45) is -12.5. The van der Waals surface area contributed by atoms with Crippen molar-refractivity contribution in [1.29, 1.82) is 0 Å². The molecule has 16 heteroatoms. The number of nitrogens with one attached hydrogen (secondary N) is 1. The van der Waals surface area contributed by atoms with E-state index in [0.717, 1.165) is 11.1 Å². The number of hydrogen-bond donors (Lipinski definition) is 4. The highest BCUT2D eigenvalue weighted by molar-refractivity contribution is 6.11. The number of carbonyl (C=O) groups excluding carboxylic acids is 2. The molecule has 10 nitrogen and oxygen atoms in total. The molecular formula is C43H28F6N2O8. The third-order valence-corrected chi connectivity index (χ3v) is 9.10. The summed E-state index contributed by atoms with van der Waals surface area (Å²) in [5.41, 5.74) is -5.62. The van der Waals surface area contributed by atoms with Crippen molar-refractivity contribution in [2.75, 3.05) is 5.32 Å². The average molecular weight is 815 g/mol. The first-order valence-corrected chi connectivity index (χ1v) is 17.1. The Morgan fingerprint density at radius 2 is 0.881 bits per heavy atom. The number of aromatic carboxylic acids is 2. The van der Waals surface area contributed by atoms with Crippen molar-refractivity contribution in [2.45, 2.75) is 17.8 Å².